The van der Waals surface area contributed by atoms with Crippen LogP contribution in [0.2, 0.25) is 20.1 Å². The second-order valence-corrected chi connectivity index (χ2v) is 10.7. The number of halogens is 4. The highest BCUT2D eigenvalue weighted by atomic mass is 35.5. The van der Waals surface area contributed by atoms with E-state index in [-0.39, 0.29) is 11.4 Å². The Morgan fingerprint density at radius 3 is 2.21 bits per heavy atom. The molecule has 34 heavy (non-hydrogen) atoms. The van der Waals surface area contributed by atoms with Gasteiger partial charge in [-0.25, -0.2) is 17.8 Å². The van der Waals surface area contributed by atoms with Crippen LogP contribution in [0.25, 0.3) is 16.9 Å². The van der Waals surface area contributed by atoms with Crippen molar-refractivity contribution in [3.05, 3.63) is 98.1 Å². The average molecular weight is 557 g/mol. The minimum atomic E-state index is -3.88. The molecule has 0 saturated carbocycles. The molecule has 4 rings (SSSR count). The predicted octanol–water partition coefficient (Wildman–Crippen LogP) is 6.12. The summed E-state index contributed by atoms with van der Waals surface area (Å²) in [5.41, 5.74) is 2.51. The van der Waals surface area contributed by atoms with E-state index in [4.69, 9.17) is 46.4 Å². The minimum absolute atomic E-state index is 0.0173. The van der Waals surface area contributed by atoms with Crippen LogP contribution in [0.1, 0.15) is 11.3 Å². The highest BCUT2D eigenvalue weighted by Gasteiger charge is 2.23. The number of aromatic nitrogens is 2. The third-order valence-corrected chi connectivity index (χ3v) is 7.44. The van der Waals surface area contributed by atoms with Gasteiger partial charge in [-0.05, 0) is 48.5 Å². The average Bonchev–Trinajstić information content (AvgIpc) is 3.16. The first-order valence-electron chi connectivity index (χ1n) is 9.88. The molecule has 2 N–H and O–H groups in total. The standard InChI is InChI=1S/C23H17Cl4N3O3S/c24-15-6-4-14(5-7-15)23-19(13-31)21(29-30(23)22-9-8-17(26)11-20(22)27)12-28-34(32,33)18-3-1-2-16(25)10-18/h1-11,28,31H,12-13H2. The fourth-order valence-corrected chi connectivity index (χ4v) is 5.32. The van der Waals surface area contributed by atoms with Crippen molar-refractivity contribution in [2.24, 2.45) is 0 Å². The Kier molecular flexibility index (Phi) is 7.54. The molecule has 0 unspecified atom stereocenters. The summed E-state index contributed by atoms with van der Waals surface area (Å²) in [4.78, 5) is 0.0173. The number of hydrogen-bond donors (Lipinski definition) is 2. The van der Waals surface area contributed by atoms with Gasteiger partial charge in [0.2, 0.25) is 10.0 Å². The normalized spacial score (nSPS) is 11.7. The van der Waals surface area contributed by atoms with Crippen LogP contribution in [-0.4, -0.2) is 23.3 Å². The molecule has 0 aliphatic rings. The summed E-state index contributed by atoms with van der Waals surface area (Å²) in [6.45, 7) is -0.569. The zero-order valence-corrected chi connectivity index (χ0v) is 21.2. The Balaban J connectivity index is 1.81. The van der Waals surface area contributed by atoms with Gasteiger partial charge in [0.05, 0.1) is 40.1 Å². The summed E-state index contributed by atoms with van der Waals surface area (Å²) in [6.07, 6.45) is 0. The van der Waals surface area contributed by atoms with Crippen LogP contribution in [0.4, 0.5) is 0 Å². The fourth-order valence-electron chi connectivity index (χ4n) is 3.42. The first-order valence-corrected chi connectivity index (χ1v) is 12.9. The Hall–Kier alpha value is -2.10. The Bertz CT molecular complexity index is 1460. The van der Waals surface area contributed by atoms with E-state index in [1.54, 1.807) is 59.3 Å². The molecule has 1 heterocycles. The first-order chi connectivity index (χ1) is 16.2. The van der Waals surface area contributed by atoms with Crippen LogP contribution in [0.15, 0.2) is 71.6 Å². The quantitative estimate of drug-likeness (QED) is 0.287. The molecule has 0 saturated heterocycles. The van der Waals surface area contributed by atoms with Crippen LogP contribution in [0.5, 0.6) is 0 Å². The van der Waals surface area contributed by atoms with Gasteiger partial charge in [0.1, 0.15) is 0 Å². The van der Waals surface area contributed by atoms with Gasteiger partial charge in [0.25, 0.3) is 0 Å². The third kappa shape index (κ3) is 5.26. The SMILES string of the molecule is O=S(=O)(NCc1nn(-c2ccc(Cl)cc2Cl)c(-c2ccc(Cl)cc2)c1CO)c1cccc(Cl)c1. The lowest BCUT2D eigenvalue weighted by Crippen LogP contribution is -2.24. The van der Waals surface area contributed by atoms with Crippen molar-refractivity contribution in [1.29, 1.82) is 0 Å². The van der Waals surface area contributed by atoms with E-state index < -0.39 is 16.6 Å². The van der Waals surface area contributed by atoms with Crippen LogP contribution >= 0.6 is 46.4 Å². The number of nitrogens with one attached hydrogen (secondary N) is 1. The maximum absolute atomic E-state index is 12.8. The molecule has 0 amide bonds. The third-order valence-electron chi connectivity index (χ3n) is 5.02. The molecule has 0 bridgehead atoms. The summed E-state index contributed by atoms with van der Waals surface area (Å²) in [5, 5.41) is 16.5. The molecule has 0 atom stereocenters. The van der Waals surface area contributed by atoms with Gasteiger partial charge in [-0.15, -0.1) is 0 Å². The summed E-state index contributed by atoms with van der Waals surface area (Å²) in [6, 6.07) is 17.8. The van der Waals surface area contributed by atoms with Crippen molar-refractivity contribution in [1.82, 2.24) is 14.5 Å². The van der Waals surface area contributed by atoms with Crippen LogP contribution in [0, 0.1) is 0 Å². The fraction of sp³-hybridized carbons (Fsp3) is 0.0870. The van der Waals surface area contributed by atoms with Crippen molar-refractivity contribution in [3.8, 4) is 16.9 Å². The van der Waals surface area contributed by atoms with Gasteiger partial charge in [0.15, 0.2) is 0 Å². The second kappa shape index (κ2) is 10.3. The van der Waals surface area contributed by atoms with Crippen LogP contribution in [-0.2, 0) is 23.2 Å². The van der Waals surface area contributed by atoms with Gasteiger partial charge < -0.3 is 5.11 Å². The minimum Gasteiger partial charge on any atom is -0.392 e. The van der Waals surface area contributed by atoms with Crippen molar-refractivity contribution in [2.75, 3.05) is 0 Å². The number of aliphatic hydroxyl groups excluding tert-OH is 1. The number of hydrogen-bond acceptors (Lipinski definition) is 4. The van der Waals surface area contributed by atoms with Gasteiger partial charge >= 0.3 is 0 Å². The molecule has 6 nitrogen and oxygen atoms in total. The van der Waals surface area contributed by atoms with Crippen molar-refractivity contribution in [3.63, 3.8) is 0 Å². The molecule has 0 fully saturated rings. The zero-order chi connectivity index (χ0) is 24.5. The molecule has 0 aliphatic carbocycles. The molecular formula is C23H17Cl4N3O3S. The molecule has 4 aromatic rings. The van der Waals surface area contributed by atoms with Crippen LogP contribution in [0.3, 0.4) is 0 Å². The van der Waals surface area contributed by atoms with Crippen LogP contribution < -0.4 is 4.72 Å². The van der Waals surface area contributed by atoms with Crippen molar-refractivity contribution in [2.45, 2.75) is 18.0 Å². The van der Waals surface area contributed by atoms with Gasteiger partial charge in [-0.2, -0.15) is 5.10 Å². The van der Waals surface area contributed by atoms with Crippen molar-refractivity contribution < 1.29 is 13.5 Å². The number of sulfonamides is 1. The lowest BCUT2D eigenvalue weighted by Gasteiger charge is -2.11. The molecule has 3 aromatic carbocycles. The lowest BCUT2D eigenvalue weighted by atomic mass is 10.1. The number of nitrogens with zero attached hydrogens (tertiary/aromatic N) is 2. The smallest absolute Gasteiger partial charge is 0.240 e. The highest BCUT2D eigenvalue weighted by Crippen LogP contribution is 2.34. The molecule has 0 spiro atoms. The van der Waals surface area contributed by atoms with E-state index in [1.807, 2.05) is 0 Å². The van der Waals surface area contributed by atoms with E-state index in [9.17, 15) is 13.5 Å². The monoisotopic (exact) mass is 555 g/mol. The summed E-state index contributed by atoms with van der Waals surface area (Å²) in [7, 11) is -3.88. The summed E-state index contributed by atoms with van der Waals surface area (Å²) in [5.74, 6) is 0. The topological polar surface area (TPSA) is 84.2 Å². The number of rotatable bonds is 7. The summed E-state index contributed by atoms with van der Waals surface area (Å²) < 4.78 is 29.7. The second-order valence-electron chi connectivity index (χ2n) is 7.23. The largest absolute Gasteiger partial charge is 0.392 e. The first kappa shape index (κ1) is 25.0. The lowest BCUT2D eigenvalue weighted by molar-refractivity contribution is 0.281. The van der Waals surface area contributed by atoms with E-state index >= 15 is 0 Å². The number of benzene rings is 3. The van der Waals surface area contributed by atoms with E-state index in [0.29, 0.717) is 48.3 Å². The van der Waals surface area contributed by atoms with Gasteiger partial charge in [-0.1, -0.05) is 64.6 Å². The maximum atomic E-state index is 12.8. The summed E-state index contributed by atoms with van der Waals surface area (Å²) >= 11 is 24.5. The maximum Gasteiger partial charge on any atom is 0.240 e. The number of aliphatic hydroxyl groups is 1. The van der Waals surface area contributed by atoms with E-state index in [0.717, 1.165) is 0 Å². The highest BCUT2D eigenvalue weighted by molar-refractivity contribution is 7.89. The molecule has 0 aliphatic heterocycles. The van der Waals surface area contributed by atoms with Gasteiger partial charge in [-0.3, -0.25) is 0 Å². The molecular weight excluding hydrogens is 540 g/mol. The molecule has 11 heteroatoms. The van der Waals surface area contributed by atoms with Gasteiger partial charge in [0, 0.05) is 26.2 Å². The van der Waals surface area contributed by atoms with E-state index in [1.165, 1.54) is 12.1 Å². The zero-order valence-electron chi connectivity index (χ0n) is 17.3. The molecule has 1 aromatic heterocycles. The Morgan fingerprint density at radius 2 is 1.56 bits per heavy atom. The Morgan fingerprint density at radius 1 is 0.882 bits per heavy atom. The predicted molar refractivity (Wildman–Crippen MR) is 135 cm³/mol. The Labute approximate surface area is 216 Å². The molecule has 176 valence electrons. The van der Waals surface area contributed by atoms with Crippen molar-refractivity contribution >= 4 is 56.4 Å². The molecule has 0 radical (unpaired) electrons. The van der Waals surface area contributed by atoms with E-state index in [2.05, 4.69) is 9.82 Å².